The highest BCUT2D eigenvalue weighted by Gasteiger charge is 2.49. The first-order chi connectivity index (χ1) is 6.62. The number of methoxy groups -OCH3 is 1. The Morgan fingerprint density at radius 3 is 2.20 bits per heavy atom. The molecule has 88 valence electrons. The zero-order valence-electron chi connectivity index (χ0n) is 7.89. The Morgan fingerprint density at radius 1 is 1.47 bits per heavy atom. The van der Waals surface area contributed by atoms with Gasteiger partial charge in [0.15, 0.2) is 0 Å². The monoisotopic (exact) mass is 244 g/mol. The Labute approximate surface area is 84.9 Å². The van der Waals surface area contributed by atoms with Gasteiger partial charge in [0.05, 0.1) is 7.11 Å². The lowest BCUT2D eigenvalue weighted by Gasteiger charge is -2.19. The van der Waals surface area contributed by atoms with Crippen LogP contribution in [0.5, 0.6) is 0 Å². The number of hydrogen-bond donors (Lipinski definition) is 1. The summed E-state index contributed by atoms with van der Waals surface area (Å²) in [6.07, 6.45) is -1.44. The van der Waals surface area contributed by atoms with Gasteiger partial charge in [-0.1, -0.05) is 0 Å². The molecule has 0 rings (SSSR count). The molecular weight excluding hydrogens is 235 g/mol. The number of halogens is 1. The van der Waals surface area contributed by atoms with Crippen molar-refractivity contribution in [3.8, 4) is 0 Å². The molecule has 0 fully saturated rings. The summed E-state index contributed by atoms with van der Waals surface area (Å²) in [5.41, 5.74) is 0. The van der Waals surface area contributed by atoms with Crippen molar-refractivity contribution in [3.63, 3.8) is 0 Å². The molecule has 0 bridgehead atoms. The quantitative estimate of drug-likeness (QED) is 0.530. The molecule has 0 amide bonds. The zero-order chi connectivity index (χ0) is 12.3. The molecule has 0 aromatic rings. The smallest absolute Gasteiger partial charge is 0.387 e. The normalized spacial score (nSPS) is 15.2. The number of hydrogen-bond acceptors (Lipinski definition) is 6. The fourth-order valence-electron chi connectivity index (χ4n) is 0.639. The van der Waals surface area contributed by atoms with E-state index in [0.29, 0.717) is 0 Å². The summed E-state index contributed by atoms with van der Waals surface area (Å²) in [5.74, 6) is -2.60. The van der Waals surface area contributed by atoms with Gasteiger partial charge in [0.1, 0.15) is 6.42 Å². The van der Waals surface area contributed by atoms with E-state index in [-0.39, 0.29) is 0 Å². The summed E-state index contributed by atoms with van der Waals surface area (Å²) < 4.78 is 50.6. The van der Waals surface area contributed by atoms with E-state index in [1.165, 1.54) is 0 Å². The van der Waals surface area contributed by atoms with Crippen molar-refractivity contribution >= 4 is 22.1 Å². The van der Waals surface area contributed by atoms with Gasteiger partial charge in [-0.3, -0.25) is 14.1 Å². The van der Waals surface area contributed by atoms with Gasteiger partial charge >= 0.3 is 27.2 Å². The highest BCUT2D eigenvalue weighted by Crippen LogP contribution is 2.25. The lowest BCUT2D eigenvalue weighted by Crippen LogP contribution is -2.40. The van der Waals surface area contributed by atoms with Crippen molar-refractivity contribution in [2.75, 3.05) is 7.11 Å². The van der Waals surface area contributed by atoms with E-state index in [1.54, 1.807) is 0 Å². The summed E-state index contributed by atoms with van der Waals surface area (Å²) in [7, 11) is -4.50. The first-order valence-corrected chi connectivity index (χ1v) is 4.99. The molecule has 9 heteroatoms. The Kier molecular flexibility index (Phi) is 4.16. The summed E-state index contributed by atoms with van der Waals surface area (Å²) in [4.78, 5) is 21.0. The molecule has 0 saturated heterocycles. The second-order valence-electron chi connectivity index (χ2n) is 2.48. The third-order valence-corrected chi connectivity index (χ3v) is 2.26. The van der Waals surface area contributed by atoms with Gasteiger partial charge in [-0.15, -0.1) is 0 Å². The third-order valence-electron chi connectivity index (χ3n) is 1.26. The molecule has 0 aliphatic carbocycles. The van der Waals surface area contributed by atoms with Crippen LogP contribution in [0.3, 0.4) is 0 Å². The van der Waals surface area contributed by atoms with Gasteiger partial charge in [0.2, 0.25) is 0 Å². The van der Waals surface area contributed by atoms with Crippen LogP contribution in [0.15, 0.2) is 0 Å². The molecule has 0 spiro atoms. The number of esters is 2. The average molecular weight is 244 g/mol. The van der Waals surface area contributed by atoms with Crippen molar-refractivity contribution in [2.45, 2.75) is 18.5 Å². The minimum absolute atomic E-state index is 0.719. The highest BCUT2D eigenvalue weighted by atomic mass is 32.2. The summed E-state index contributed by atoms with van der Waals surface area (Å²) in [6.45, 7) is 0.719. The van der Waals surface area contributed by atoms with E-state index in [9.17, 15) is 22.4 Å². The molecule has 7 nitrogen and oxygen atoms in total. The Morgan fingerprint density at radius 2 is 1.93 bits per heavy atom. The second-order valence-corrected chi connectivity index (χ2v) is 4.04. The molecular formula is C6H9FO7S. The van der Waals surface area contributed by atoms with E-state index in [4.69, 9.17) is 4.55 Å². The third kappa shape index (κ3) is 3.80. The molecule has 0 saturated carbocycles. The summed E-state index contributed by atoms with van der Waals surface area (Å²) >= 11 is 0. The Hall–Kier alpha value is -1.22. The minimum atomic E-state index is -5.38. The lowest BCUT2D eigenvalue weighted by molar-refractivity contribution is -0.169. The molecule has 0 radical (unpaired) electrons. The van der Waals surface area contributed by atoms with E-state index < -0.39 is 33.7 Å². The largest absolute Gasteiger partial charge is 0.469 e. The van der Waals surface area contributed by atoms with Crippen LogP contribution < -0.4 is 0 Å². The molecule has 1 unspecified atom stereocenters. The predicted molar refractivity (Wildman–Crippen MR) is 43.8 cm³/mol. The fourth-order valence-corrected chi connectivity index (χ4v) is 1.16. The SMILES string of the molecule is COC(=O)CC(F)(OC(C)=O)S(=O)(=O)O. The molecule has 1 atom stereocenters. The van der Waals surface area contributed by atoms with Crippen LogP contribution in [0, 0.1) is 0 Å². The van der Waals surface area contributed by atoms with E-state index in [1.807, 2.05) is 0 Å². The fraction of sp³-hybridized carbons (Fsp3) is 0.667. The first-order valence-electron chi connectivity index (χ1n) is 3.54. The molecule has 0 aromatic carbocycles. The number of ether oxygens (including phenoxy) is 2. The van der Waals surface area contributed by atoms with Gasteiger partial charge in [-0.25, -0.2) is 0 Å². The highest BCUT2D eigenvalue weighted by molar-refractivity contribution is 7.86. The van der Waals surface area contributed by atoms with Crippen molar-refractivity contribution in [1.82, 2.24) is 0 Å². The van der Waals surface area contributed by atoms with Gasteiger partial charge in [0, 0.05) is 6.92 Å². The van der Waals surface area contributed by atoms with E-state index >= 15 is 0 Å². The van der Waals surface area contributed by atoms with Crippen LogP contribution in [0.1, 0.15) is 13.3 Å². The van der Waals surface area contributed by atoms with Crippen molar-refractivity contribution in [2.24, 2.45) is 0 Å². The lowest BCUT2D eigenvalue weighted by atomic mass is 10.4. The zero-order valence-corrected chi connectivity index (χ0v) is 8.71. The van der Waals surface area contributed by atoms with Crippen molar-refractivity contribution in [1.29, 1.82) is 0 Å². The minimum Gasteiger partial charge on any atom is -0.469 e. The van der Waals surface area contributed by atoms with Gasteiger partial charge in [-0.05, 0) is 0 Å². The number of alkyl halides is 1. The maximum absolute atomic E-state index is 13.4. The molecule has 0 aromatic heterocycles. The van der Waals surface area contributed by atoms with Crippen molar-refractivity contribution in [3.05, 3.63) is 0 Å². The van der Waals surface area contributed by atoms with E-state index in [2.05, 4.69) is 9.47 Å². The van der Waals surface area contributed by atoms with Gasteiger partial charge < -0.3 is 9.47 Å². The molecule has 0 aliphatic heterocycles. The van der Waals surface area contributed by atoms with Crippen LogP contribution in [0.25, 0.3) is 0 Å². The molecule has 0 aliphatic rings. The maximum atomic E-state index is 13.4. The number of carbonyl (C=O) groups excluding carboxylic acids is 2. The van der Waals surface area contributed by atoms with Crippen LogP contribution >= 0.6 is 0 Å². The van der Waals surface area contributed by atoms with Crippen LogP contribution in [0.4, 0.5) is 4.39 Å². The van der Waals surface area contributed by atoms with Crippen molar-refractivity contribution < 1.29 is 36.4 Å². The summed E-state index contributed by atoms with van der Waals surface area (Å²) in [6, 6.07) is 0. The topological polar surface area (TPSA) is 107 Å². The van der Waals surface area contributed by atoms with Crippen LogP contribution in [-0.4, -0.2) is 37.2 Å². The van der Waals surface area contributed by atoms with Crippen LogP contribution in [0.2, 0.25) is 0 Å². The van der Waals surface area contributed by atoms with E-state index in [0.717, 1.165) is 14.0 Å². The molecule has 1 N–H and O–H groups in total. The summed E-state index contributed by atoms with van der Waals surface area (Å²) in [5, 5.41) is -3.81. The predicted octanol–water partition coefficient (Wildman–Crippen LogP) is -0.376. The Bertz CT molecular complexity index is 362. The first kappa shape index (κ1) is 13.8. The molecule has 15 heavy (non-hydrogen) atoms. The average Bonchev–Trinajstić information content (AvgIpc) is 2.00. The Balaban J connectivity index is 5.04. The van der Waals surface area contributed by atoms with Gasteiger partial charge in [-0.2, -0.15) is 12.8 Å². The van der Waals surface area contributed by atoms with Gasteiger partial charge in [0.25, 0.3) is 0 Å². The standard InChI is InChI=1S/C6H9FO7S/c1-4(8)14-6(7,15(10,11)12)3-5(9)13-2/h3H2,1-2H3,(H,10,11,12). The molecule has 0 heterocycles. The number of carbonyl (C=O) groups is 2. The van der Waals surface area contributed by atoms with Crippen LogP contribution in [-0.2, 0) is 29.2 Å². The maximum Gasteiger partial charge on any atom is 0.387 e. The second kappa shape index (κ2) is 4.53. The number of rotatable bonds is 4.